The van der Waals surface area contributed by atoms with Crippen LogP contribution in [0.4, 0.5) is 0 Å². The van der Waals surface area contributed by atoms with E-state index >= 15 is 0 Å². The second-order valence-electron chi connectivity index (χ2n) is 4.81. The fourth-order valence-electron chi connectivity index (χ4n) is 1.87. The van der Waals surface area contributed by atoms with Crippen LogP contribution in [-0.4, -0.2) is 33.5 Å². The maximum absolute atomic E-state index is 12.5. The number of hydrogen-bond acceptors (Lipinski definition) is 3. The number of carbonyl (C=O) groups excluding carboxylic acids is 1. The Hall–Kier alpha value is -1.62. The van der Waals surface area contributed by atoms with E-state index in [-0.39, 0.29) is 17.7 Å². The van der Waals surface area contributed by atoms with Gasteiger partial charge in [0.15, 0.2) is 0 Å². The van der Waals surface area contributed by atoms with Crippen LogP contribution < -0.4 is 5.73 Å². The summed E-state index contributed by atoms with van der Waals surface area (Å²) in [6.07, 6.45) is 0.510. The van der Waals surface area contributed by atoms with Crippen LogP contribution in [0.15, 0.2) is 18.2 Å². The Bertz CT molecular complexity index is 486. The lowest BCUT2D eigenvalue weighted by atomic mass is 10.1. The summed E-state index contributed by atoms with van der Waals surface area (Å²) in [4.78, 5) is 14.6. The molecular formula is C14H20N2O2S. The van der Waals surface area contributed by atoms with E-state index in [0.717, 1.165) is 5.56 Å². The molecule has 1 rings (SSSR count). The highest BCUT2D eigenvalue weighted by Gasteiger charge is 2.20. The molecule has 1 aromatic rings. The number of amides is 1. The number of benzene rings is 1. The van der Waals surface area contributed by atoms with Crippen LogP contribution in [0, 0.1) is 6.92 Å². The van der Waals surface area contributed by atoms with Crippen LogP contribution in [-0.2, 0) is 0 Å². The highest BCUT2D eigenvalue weighted by atomic mass is 32.1. The molecule has 1 amide bonds. The van der Waals surface area contributed by atoms with Crippen molar-refractivity contribution in [2.24, 2.45) is 5.73 Å². The number of thiocarbonyl (C=S) groups is 1. The smallest absolute Gasteiger partial charge is 0.254 e. The first-order valence-corrected chi connectivity index (χ1v) is 6.62. The molecule has 0 fully saturated rings. The van der Waals surface area contributed by atoms with E-state index in [1.165, 1.54) is 6.07 Å². The van der Waals surface area contributed by atoms with E-state index in [0.29, 0.717) is 23.5 Å². The Morgan fingerprint density at radius 2 is 2.11 bits per heavy atom. The first-order chi connectivity index (χ1) is 8.82. The van der Waals surface area contributed by atoms with Gasteiger partial charge in [-0.25, -0.2) is 0 Å². The van der Waals surface area contributed by atoms with Gasteiger partial charge < -0.3 is 15.7 Å². The van der Waals surface area contributed by atoms with Crippen LogP contribution in [0.5, 0.6) is 5.75 Å². The molecule has 3 N–H and O–H groups in total. The average molecular weight is 280 g/mol. The second-order valence-corrected chi connectivity index (χ2v) is 5.33. The third kappa shape index (κ3) is 4.21. The predicted molar refractivity (Wildman–Crippen MR) is 80.4 cm³/mol. The molecule has 0 saturated carbocycles. The van der Waals surface area contributed by atoms with Gasteiger partial charge in [-0.3, -0.25) is 4.79 Å². The van der Waals surface area contributed by atoms with Gasteiger partial charge in [0.2, 0.25) is 0 Å². The molecule has 0 radical (unpaired) electrons. The van der Waals surface area contributed by atoms with Crippen molar-refractivity contribution in [1.29, 1.82) is 0 Å². The van der Waals surface area contributed by atoms with E-state index < -0.39 is 0 Å². The van der Waals surface area contributed by atoms with Gasteiger partial charge in [0.1, 0.15) is 5.75 Å². The van der Waals surface area contributed by atoms with Crippen LogP contribution >= 0.6 is 12.2 Å². The van der Waals surface area contributed by atoms with Crippen LogP contribution in [0.2, 0.25) is 0 Å². The zero-order valence-electron chi connectivity index (χ0n) is 11.5. The van der Waals surface area contributed by atoms with E-state index in [4.69, 9.17) is 18.0 Å². The highest BCUT2D eigenvalue weighted by Crippen LogP contribution is 2.18. The molecule has 0 aliphatic rings. The average Bonchev–Trinajstić information content (AvgIpc) is 2.27. The van der Waals surface area contributed by atoms with Gasteiger partial charge in [-0.15, -0.1) is 0 Å². The lowest BCUT2D eigenvalue weighted by Crippen LogP contribution is -2.39. The SMILES string of the molecule is Cc1cc(O)ccc1C(=O)N(CCC(N)=S)C(C)C. The summed E-state index contributed by atoms with van der Waals surface area (Å²) in [6.45, 7) is 6.21. The molecule has 4 nitrogen and oxygen atoms in total. The molecule has 19 heavy (non-hydrogen) atoms. The number of hydrogen-bond donors (Lipinski definition) is 2. The quantitative estimate of drug-likeness (QED) is 0.812. The van der Waals surface area contributed by atoms with E-state index in [1.54, 1.807) is 24.0 Å². The lowest BCUT2D eigenvalue weighted by Gasteiger charge is -2.27. The molecule has 0 aromatic heterocycles. The van der Waals surface area contributed by atoms with E-state index in [2.05, 4.69) is 0 Å². The van der Waals surface area contributed by atoms with Gasteiger partial charge in [0.25, 0.3) is 5.91 Å². The summed E-state index contributed by atoms with van der Waals surface area (Å²) in [7, 11) is 0. The second kappa shape index (κ2) is 6.52. The molecule has 0 bridgehead atoms. The van der Waals surface area contributed by atoms with Gasteiger partial charge >= 0.3 is 0 Å². The van der Waals surface area contributed by atoms with Crippen molar-refractivity contribution >= 4 is 23.1 Å². The highest BCUT2D eigenvalue weighted by molar-refractivity contribution is 7.80. The molecule has 0 aliphatic heterocycles. The van der Waals surface area contributed by atoms with Gasteiger partial charge in [-0.05, 0) is 44.5 Å². The van der Waals surface area contributed by atoms with Crippen molar-refractivity contribution in [1.82, 2.24) is 4.90 Å². The van der Waals surface area contributed by atoms with Crippen molar-refractivity contribution in [2.45, 2.75) is 33.2 Å². The van der Waals surface area contributed by atoms with E-state index in [9.17, 15) is 9.90 Å². The van der Waals surface area contributed by atoms with Crippen molar-refractivity contribution in [3.05, 3.63) is 29.3 Å². The maximum Gasteiger partial charge on any atom is 0.254 e. The summed E-state index contributed by atoms with van der Waals surface area (Å²) in [5, 5.41) is 9.38. The predicted octanol–water partition coefficient (Wildman–Crippen LogP) is 2.23. The molecule has 0 heterocycles. The van der Waals surface area contributed by atoms with Gasteiger partial charge in [-0.2, -0.15) is 0 Å². The number of aromatic hydroxyl groups is 1. The molecule has 5 heteroatoms. The van der Waals surface area contributed by atoms with Crippen molar-refractivity contribution in [3.63, 3.8) is 0 Å². The Balaban J connectivity index is 2.95. The number of nitrogens with zero attached hydrogens (tertiary/aromatic N) is 1. The maximum atomic E-state index is 12.5. The Kier molecular flexibility index (Phi) is 5.30. The first kappa shape index (κ1) is 15.4. The van der Waals surface area contributed by atoms with Crippen molar-refractivity contribution < 1.29 is 9.90 Å². The third-order valence-corrected chi connectivity index (χ3v) is 3.13. The lowest BCUT2D eigenvalue weighted by molar-refractivity contribution is 0.0711. The third-order valence-electron chi connectivity index (χ3n) is 2.92. The molecular weight excluding hydrogens is 260 g/mol. The van der Waals surface area contributed by atoms with Crippen molar-refractivity contribution in [3.8, 4) is 5.75 Å². The minimum atomic E-state index is -0.0660. The fourth-order valence-corrected chi connectivity index (χ4v) is 1.96. The van der Waals surface area contributed by atoms with Crippen LogP contribution in [0.1, 0.15) is 36.2 Å². The normalized spacial score (nSPS) is 10.5. The van der Waals surface area contributed by atoms with E-state index in [1.807, 2.05) is 13.8 Å². The zero-order chi connectivity index (χ0) is 14.6. The minimum absolute atomic E-state index is 0.0649. The fraction of sp³-hybridized carbons (Fsp3) is 0.429. The van der Waals surface area contributed by atoms with Gasteiger partial charge in [-0.1, -0.05) is 12.2 Å². The Morgan fingerprint density at radius 1 is 1.47 bits per heavy atom. The molecule has 0 saturated heterocycles. The van der Waals surface area contributed by atoms with Crippen LogP contribution in [0.3, 0.4) is 0 Å². The molecule has 0 atom stereocenters. The van der Waals surface area contributed by atoms with Crippen LogP contribution in [0.25, 0.3) is 0 Å². The molecule has 1 aromatic carbocycles. The summed E-state index contributed by atoms with van der Waals surface area (Å²) < 4.78 is 0. The Morgan fingerprint density at radius 3 is 2.58 bits per heavy atom. The minimum Gasteiger partial charge on any atom is -0.508 e. The summed E-state index contributed by atoms with van der Waals surface area (Å²) in [5.41, 5.74) is 6.84. The largest absolute Gasteiger partial charge is 0.508 e. The van der Waals surface area contributed by atoms with Gasteiger partial charge in [0, 0.05) is 24.6 Å². The number of phenols is 1. The molecule has 0 spiro atoms. The number of carbonyl (C=O) groups is 1. The monoisotopic (exact) mass is 280 g/mol. The number of nitrogens with two attached hydrogens (primary N) is 1. The number of rotatable bonds is 5. The standard InChI is InChI=1S/C14H20N2O2S/c1-9(2)16(7-6-13(15)19)14(18)12-5-4-11(17)8-10(12)3/h4-5,8-9,17H,6-7H2,1-3H3,(H2,15,19). The number of phenolic OH excluding ortho intramolecular Hbond substituents is 1. The van der Waals surface area contributed by atoms with Crippen molar-refractivity contribution in [2.75, 3.05) is 6.54 Å². The Labute approximate surface area is 119 Å². The van der Waals surface area contributed by atoms with Gasteiger partial charge in [0.05, 0.1) is 4.99 Å². The zero-order valence-corrected chi connectivity index (χ0v) is 12.3. The molecule has 0 unspecified atom stereocenters. The molecule has 104 valence electrons. The first-order valence-electron chi connectivity index (χ1n) is 6.21. The number of aryl methyl sites for hydroxylation is 1. The summed E-state index contributed by atoms with van der Waals surface area (Å²) >= 11 is 4.85. The summed E-state index contributed by atoms with van der Waals surface area (Å²) in [5.74, 6) is 0.0945. The summed E-state index contributed by atoms with van der Waals surface area (Å²) in [6, 6.07) is 4.81. The topological polar surface area (TPSA) is 66.6 Å². The molecule has 0 aliphatic carbocycles.